The highest BCUT2D eigenvalue weighted by Gasteiger charge is 2.12. The predicted molar refractivity (Wildman–Crippen MR) is 141 cm³/mol. The second-order valence-electron chi connectivity index (χ2n) is 9.16. The molecule has 184 valence electrons. The first-order chi connectivity index (χ1) is 16.6. The second-order valence-corrected chi connectivity index (χ2v) is 10.3. The van der Waals surface area contributed by atoms with E-state index in [9.17, 15) is 4.39 Å². The summed E-state index contributed by atoms with van der Waals surface area (Å²) in [5.41, 5.74) is 3.14. The molecule has 0 bridgehead atoms. The third-order valence-electron chi connectivity index (χ3n) is 6.13. The van der Waals surface area contributed by atoms with Gasteiger partial charge in [-0.15, -0.1) is 11.3 Å². The van der Waals surface area contributed by atoms with Crippen LogP contribution in [-0.2, 0) is 12.8 Å². The van der Waals surface area contributed by atoms with E-state index in [1.807, 2.05) is 37.5 Å². The Morgan fingerprint density at radius 2 is 1.50 bits per heavy atom. The van der Waals surface area contributed by atoms with Crippen molar-refractivity contribution in [3.05, 3.63) is 58.5 Å². The fourth-order valence-corrected chi connectivity index (χ4v) is 5.11. The normalized spacial score (nSPS) is 11.2. The van der Waals surface area contributed by atoms with Crippen LogP contribution >= 0.6 is 11.3 Å². The zero-order valence-electron chi connectivity index (χ0n) is 21.0. The Kier molecular flexibility index (Phi) is 11.0. The molecule has 0 atom stereocenters. The number of rotatable bonds is 15. The molecular weight excluding hydrogens is 443 g/mol. The second kappa shape index (κ2) is 14.2. The summed E-state index contributed by atoms with van der Waals surface area (Å²) < 4.78 is 20.0. The molecule has 0 spiro atoms. The summed E-state index contributed by atoms with van der Waals surface area (Å²) in [4.78, 5) is 9.95. The van der Waals surface area contributed by atoms with Crippen molar-refractivity contribution in [3.63, 3.8) is 0 Å². The lowest BCUT2D eigenvalue weighted by Crippen LogP contribution is -1.94. The van der Waals surface area contributed by atoms with Crippen LogP contribution in [-0.4, -0.2) is 9.97 Å². The average molecular weight is 483 g/mol. The van der Waals surface area contributed by atoms with Crippen molar-refractivity contribution in [1.82, 2.24) is 9.97 Å². The molecule has 0 aliphatic heterocycles. The zero-order valence-corrected chi connectivity index (χ0v) is 21.9. The van der Waals surface area contributed by atoms with Crippen LogP contribution < -0.4 is 4.74 Å². The largest absolute Gasteiger partial charge is 0.446 e. The Balaban J connectivity index is 1.47. The Morgan fingerprint density at radius 3 is 2.15 bits per heavy atom. The minimum Gasteiger partial charge on any atom is -0.446 e. The molecule has 5 heteroatoms. The van der Waals surface area contributed by atoms with Crippen LogP contribution in [0.3, 0.4) is 0 Å². The molecule has 34 heavy (non-hydrogen) atoms. The molecule has 0 saturated carbocycles. The average Bonchev–Trinajstić information content (AvgIpc) is 3.18. The van der Waals surface area contributed by atoms with Gasteiger partial charge in [0.25, 0.3) is 0 Å². The number of hydrogen-bond donors (Lipinski definition) is 0. The van der Waals surface area contributed by atoms with Gasteiger partial charge >= 0.3 is 0 Å². The Hall–Kier alpha value is -2.27. The summed E-state index contributed by atoms with van der Waals surface area (Å²) in [6.07, 6.45) is 18.6. The smallest absolute Gasteiger partial charge is 0.184 e. The van der Waals surface area contributed by atoms with E-state index in [-0.39, 0.29) is 5.82 Å². The third-order valence-corrected chi connectivity index (χ3v) is 7.18. The van der Waals surface area contributed by atoms with E-state index >= 15 is 0 Å². The summed E-state index contributed by atoms with van der Waals surface area (Å²) >= 11 is 1.38. The monoisotopic (exact) mass is 482 g/mol. The van der Waals surface area contributed by atoms with Gasteiger partial charge in [-0.3, -0.25) is 0 Å². The van der Waals surface area contributed by atoms with Gasteiger partial charge in [0.05, 0.1) is 0 Å². The maximum atomic E-state index is 14.0. The molecule has 0 aliphatic carbocycles. The molecule has 0 N–H and O–H groups in total. The maximum absolute atomic E-state index is 14.0. The number of hydrogen-bond acceptors (Lipinski definition) is 4. The Morgan fingerprint density at radius 1 is 0.824 bits per heavy atom. The highest BCUT2D eigenvalue weighted by Crippen LogP contribution is 2.35. The summed E-state index contributed by atoms with van der Waals surface area (Å²) in [5, 5.41) is 0.592. The minimum absolute atomic E-state index is 0.174. The molecule has 0 aliphatic rings. The van der Waals surface area contributed by atoms with Crippen molar-refractivity contribution in [1.29, 1.82) is 0 Å². The van der Waals surface area contributed by atoms with E-state index in [0.29, 0.717) is 5.06 Å². The standard InChI is InChI=1S/C29H39FN2OS/c1-4-6-7-8-9-10-11-12-13-15-23-20-31-29(32-21-23)24-16-17-26(22(3)18-24)33-28-19-25(30)27(34-28)14-5-2/h16-21H,4-15H2,1-3H3. The van der Waals surface area contributed by atoms with Gasteiger partial charge in [0, 0.05) is 28.9 Å². The number of aryl methyl sites for hydroxylation is 3. The Bertz CT molecular complexity index is 1000. The highest BCUT2D eigenvalue weighted by atomic mass is 32.1. The first-order valence-corrected chi connectivity index (χ1v) is 13.8. The summed E-state index contributed by atoms with van der Waals surface area (Å²) in [5.74, 6) is 1.28. The van der Waals surface area contributed by atoms with E-state index in [4.69, 9.17) is 4.74 Å². The number of halogens is 1. The van der Waals surface area contributed by atoms with E-state index in [2.05, 4.69) is 23.8 Å². The lowest BCUT2D eigenvalue weighted by molar-refractivity contribution is 0.489. The van der Waals surface area contributed by atoms with Crippen LogP contribution in [0.15, 0.2) is 36.7 Å². The fraction of sp³-hybridized carbons (Fsp3) is 0.517. The van der Waals surface area contributed by atoms with Crippen LogP contribution in [0.4, 0.5) is 4.39 Å². The number of unbranched alkanes of at least 4 members (excludes halogenated alkanes) is 8. The lowest BCUT2D eigenvalue weighted by Gasteiger charge is -2.09. The highest BCUT2D eigenvalue weighted by molar-refractivity contribution is 7.13. The van der Waals surface area contributed by atoms with Crippen molar-refractivity contribution in [3.8, 4) is 22.2 Å². The molecule has 0 radical (unpaired) electrons. The molecule has 0 unspecified atom stereocenters. The van der Waals surface area contributed by atoms with Crippen molar-refractivity contribution < 1.29 is 9.13 Å². The topological polar surface area (TPSA) is 35.0 Å². The number of ether oxygens (including phenoxy) is 1. The van der Waals surface area contributed by atoms with Crippen LogP contribution in [0.1, 0.15) is 94.1 Å². The van der Waals surface area contributed by atoms with Gasteiger partial charge in [0.15, 0.2) is 10.9 Å². The lowest BCUT2D eigenvalue weighted by atomic mass is 10.0. The van der Waals surface area contributed by atoms with Gasteiger partial charge in [-0.05, 0) is 55.5 Å². The molecule has 3 rings (SSSR count). The molecule has 0 saturated heterocycles. The van der Waals surface area contributed by atoms with Gasteiger partial charge < -0.3 is 4.74 Å². The van der Waals surface area contributed by atoms with Crippen LogP contribution in [0, 0.1) is 12.7 Å². The first kappa shape index (κ1) is 26.3. The summed E-state index contributed by atoms with van der Waals surface area (Å²) in [7, 11) is 0. The van der Waals surface area contributed by atoms with Gasteiger partial charge in [-0.1, -0.05) is 71.6 Å². The molecule has 3 aromatic rings. The van der Waals surface area contributed by atoms with Crippen molar-refractivity contribution in [2.75, 3.05) is 0 Å². The Labute approximate surface area is 208 Å². The van der Waals surface area contributed by atoms with Gasteiger partial charge in [0.2, 0.25) is 0 Å². The van der Waals surface area contributed by atoms with E-state index < -0.39 is 0 Å². The van der Waals surface area contributed by atoms with Crippen molar-refractivity contribution in [2.24, 2.45) is 0 Å². The van der Waals surface area contributed by atoms with Crippen molar-refractivity contribution in [2.45, 2.75) is 97.8 Å². The van der Waals surface area contributed by atoms with Crippen LogP contribution in [0.5, 0.6) is 10.8 Å². The van der Waals surface area contributed by atoms with Crippen LogP contribution in [0.2, 0.25) is 0 Å². The number of aromatic nitrogens is 2. The predicted octanol–water partition coefficient (Wildman–Crippen LogP) is 9.47. The molecular formula is C29H39FN2OS. The molecule has 3 nitrogen and oxygen atoms in total. The third kappa shape index (κ3) is 8.19. The van der Waals surface area contributed by atoms with E-state index in [0.717, 1.165) is 46.8 Å². The van der Waals surface area contributed by atoms with E-state index in [1.165, 1.54) is 80.8 Å². The fourth-order valence-electron chi connectivity index (χ4n) is 4.12. The first-order valence-electron chi connectivity index (χ1n) is 13.0. The summed E-state index contributed by atoms with van der Waals surface area (Å²) in [6, 6.07) is 7.40. The number of nitrogens with zero attached hydrogens (tertiary/aromatic N) is 2. The van der Waals surface area contributed by atoms with Gasteiger partial charge in [-0.25, -0.2) is 14.4 Å². The number of benzene rings is 1. The van der Waals surface area contributed by atoms with Crippen molar-refractivity contribution >= 4 is 11.3 Å². The molecule has 1 aromatic carbocycles. The SMILES string of the molecule is CCCCCCCCCCCc1cnc(-c2ccc(Oc3cc(F)c(CCC)s3)c(C)c2)nc1. The van der Waals surface area contributed by atoms with Gasteiger partial charge in [0.1, 0.15) is 11.6 Å². The minimum atomic E-state index is -0.174. The molecule has 0 amide bonds. The maximum Gasteiger partial charge on any atom is 0.184 e. The number of thiophene rings is 1. The van der Waals surface area contributed by atoms with Gasteiger partial charge in [-0.2, -0.15) is 0 Å². The molecule has 2 heterocycles. The van der Waals surface area contributed by atoms with Crippen LogP contribution in [0.25, 0.3) is 11.4 Å². The molecule has 0 fully saturated rings. The quantitative estimate of drug-likeness (QED) is 0.202. The molecule has 2 aromatic heterocycles. The summed E-state index contributed by atoms with van der Waals surface area (Å²) in [6.45, 7) is 6.31. The van der Waals surface area contributed by atoms with E-state index in [1.54, 1.807) is 0 Å². The zero-order chi connectivity index (χ0) is 24.2.